The number of rotatable bonds is 44. The number of hydrogen-bond donors (Lipinski definition) is 0. The number of carbonyl (C=O) groups excluding carboxylic acids is 3. The molecule has 0 N–H and O–H groups in total. The van der Waals surface area contributed by atoms with Crippen molar-refractivity contribution in [3.05, 3.63) is 85.1 Å². The fourth-order valence-corrected chi connectivity index (χ4v) is 6.58. The summed E-state index contributed by atoms with van der Waals surface area (Å²) in [6.45, 7) is 6.41. The molecule has 0 spiro atoms. The summed E-state index contributed by atoms with van der Waals surface area (Å²) in [7, 11) is 0. The fourth-order valence-electron chi connectivity index (χ4n) is 6.58. The van der Waals surface area contributed by atoms with Crippen molar-refractivity contribution < 1.29 is 28.6 Å². The predicted octanol–water partition coefficient (Wildman–Crippen LogP) is 16.4. The number of allylic oxidation sites excluding steroid dienone is 14. The van der Waals surface area contributed by atoms with Gasteiger partial charge in [0.05, 0.1) is 0 Å². The van der Waals surface area contributed by atoms with Gasteiger partial charge in [-0.1, -0.05) is 183 Å². The quantitative estimate of drug-likeness (QED) is 0.0263. The van der Waals surface area contributed by atoms with Crippen molar-refractivity contribution in [1.29, 1.82) is 0 Å². The van der Waals surface area contributed by atoms with Crippen LogP contribution in [0.3, 0.4) is 0 Å². The fraction of sp³-hybridized carbons (Fsp3) is 0.691. The molecule has 0 radical (unpaired) electrons. The molecule has 1 unspecified atom stereocenters. The van der Waals surface area contributed by atoms with Gasteiger partial charge in [0.25, 0.3) is 0 Å². The van der Waals surface area contributed by atoms with E-state index < -0.39 is 6.10 Å². The lowest BCUT2D eigenvalue weighted by atomic mass is 10.1. The smallest absolute Gasteiger partial charge is 0.306 e. The third kappa shape index (κ3) is 47.5. The van der Waals surface area contributed by atoms with E-state index in [1.807, 2.05) is 0 Å². The highest BCUT2D eigenvalue weighted by Gasteiger charge is 2.19. The minimum absolute atomic E-state index is 0.119. The molecule has 0 aromatic carbocycles. The van der Waals surface area contributed by atoms with E-state index >= 15 is 0 Å². The lowest BCUT2D eigenvalue weighted by Crippen LogP contribution is -2.30. The van der Waals surface area contributed by atoms with Crippen molar-refractivity contribution in [2.24, 2.45) is 0 Å². The Hall–Kier alpha value is -3.41. The number of hydrogen-bond acceptors (Lipinski definition) is 6. The van der Waals surface area contributed by atoms with Crippen LogP contribution in [0.4, 0.5) is 0 Å². The molecule has 0 aliphatic carbocycles. The first-order valence-corrected chi connectivity index (χ1v) is 25.1. The minimum Gasteiger partial charge on any atom is -0.462 e. The monoisotopic (exact) mass is 849 g/mol. The molecule has 0 aromatic heterocycles. The molecule has 348 valence electrons. The molecule has 1 atom stereocenters. The van der Waals surface area contributed by atoms with Crippen LogP contribution in [-0.4, -0.2) is 37.2 Å². The average Bonchev–Trinajstić information content (AvgIpc) is 3.26. The van der Waals surface area contributed by atoms with Crippen molar-refractivity contribution in [3.63, 3.8) is 0 Å². The first-order valence-electron chi connectivity index (χ1n) is 25.1. The Morgan fingerprint density at radius 3 is 1.11 bits per heavy atom. The zero-order chi connectivity index (χ0) is 44.4. The van der Waals surface area contributed by atoms with E-state index in [2.05, 4.69) is 106 Å². The summed E-state index contributed by atoms with van der Waals surface area (Å²) in [6.07, 6.45) is 62.9. The van der Waals surface area contributed by atoms with Crippen molar-refractivity contribution in [2.75, 3.05) is 13.2 Å². The van der Waals surface area contributed by atoms with Gasteiger partial charge in [0, 0.05) is 19.3 Å². The highest BCUT2D eigenvalue weighted by atomic mass is 16.6. The molecule has 0 rings (SSSR count). The van der Waals surface area contributed by atoms with E-state index in [-0.39, 0.29) is 44.0 Å². The molecule has 0 amide bonds. The average molecular weight is 849 g/mol. The highest BCUT2D eigenvalue weighted by Crippen LogP contribution is 2.12. The highest BCUT2D eigenvalue weighted by molar-refractivity contribution is 5.71. The second kappa shape index (κ2) is 49.2. The maximum atomic E-state index is 12.8. The summed E-state index contributed by atoms with van der Waals surface area (Å²) in [6, 6.07) is 0. The summed E-state index contributed by atoms with van der Waals surface area (Å²) < 4.78 is 16.7. The summed E-state index contributed by atoms with van der Waals surface area (Å²) in [5.74, 6) is -1.03. The van der Waals surface area contributed by atoms with Crippen LogP contribution in [0.1, 0.15) is 226 Å². The molecule has 0 fully saturated rings. The molecule has 61 heavy (non-hydrogen) atoms. The Balaban J connectivity index is 4.52. The summed E-state index contributed by atoms with van der Waals surface area (Å²) >= 11 is 0. The van der Waals surface area contributed by atoms with Crippen molar-refractivity contribution in [3.8, 4) is 0 Å². The van der Waals surface area contributed by atoms with E-state index in [0.29, 0.717) is 12.8 Å². The van der Waals surface area contributed by atoms with E-state index in [1.165, 1.54) is 89.9 Å². The van der Waals surface area contributed by atoms with E-state index in [0.717, 1.165) is 89.9 Å². The Morgan fingerprint density at radius 2 is 0.656 bits per heavy atom. The Bertz CT molecular complexity index is 1200. The Labute approximate surface area is 375 Å². The normalized spacial score (nSPS) is 12.8. The van der Waals surface area contributed by atoms with Crippen LogP contribution in [0, 0.1) is 0 Å². The molecule has 0 saturated carbocycles. The van der Waals surface area contributed by atoms with Crippen LogP contribution in [0.25, 0.3) is 0 Å². The zero-order valence-corrected chi connectivity index (χ0v) is 39.7. The van der Waals surface area contributed by atoms with Gasteiger partial charge in [-0.15, -0.1) is 0 Å². The lowest BCUT2D eigenvalue weighted by molar-refractivity contribution is -0.167. The van der Waals surface area contributed by atoms with Gasteiger partial charge in [0.2, 0.25) is 0 Å². The second-order valence-electron chi connectivity index (χ2n) is 16.3. The van der Waals surface area contributed by atoms with Gasteiger partial charge < -0.3 is 14.2 Å². The summed E-state index contributed by atoms with van der Waals surface area (Å²) in [4.78, 5) is 37.9. The Kier molecular flexibility index (Phi) is 46.5. The number of carbonyl (C=O) groups is 3. The predicted molar refractivity (Wildman–Crippen MR) is 261 cm³/mol. The van der Waals surface area contributed by atoms with E-state index in [4.69, 9.17) is 14.2 Å². The molecule has 0 aliphatic heterocycles. The molecular weight excluding hydrogens is 757 g/mol. The van der Waals surface area contributed by atoms with Gasteiger partial charge in [-0.05, 0) is 109 Å². The van der Waals surface area contributed by atoms with Gasteiger partial charge in [-0.2, -0.15) is 0 Å². The van der Waals surface area contributed by atoms with E-state index in [1.54, 1.807) is 0 Å². The molecular formula is C55H92O6. The van der Waals surface area contributed by atoms with Crippen molar-refractivity contribution in [1.82, 2.24) is 0 Å². The minimum atomic E-state index is -0.819. The topological polar surface area (TPSA) is 78.9 Å². The maximum Gasteiger partial charge on any atom is 0.306 e. The van der Waals surface area contributed by atoms with Crippen molar-refractivity contribution in [2.45, 2.75) is 232 Å². The van der Waals surface area contributed by atoms with Gasteiger partial charge in [-0.3, -0.25) is 14.4 Å². The van der Waals surface area contributed by atoms with Gasteiger partial charge in [0.15, 0.2) is 6.10 Å². The largest absolute Gasteiger partial charge is 0.462 e. The van der Waals surface area contributed by atoms with Gasteiger partial charge in [-0.25, -0.2) is 0 Å². The molecule has 0 aliphatic rings. The third-order valence-electron chi connectivity index (χ3n) is 10.4. The van der Waals surface area contributed by atoms with Gasteiger partial charge in [0.1, 0.15) is 13.2 Å². The first-order chi connectivity index (χ1) is 30.0. The number of ether oxygens (including phenoxy) is 3. The third-order valence-corrected chi connectivity index (χ3v) is 10.4. The standard InChI is InChI=1S/C55H92O6/c1-4-7-10-13-16-19-22-25-27-28-29-31-33-36-39-42-45-48-54(57)60-51-52(50-59-53(56)47-44-41-38-35-32-24-21-18-15-12-9-6-3)61-55(58)49-46-43-40-37-34-30-26-23-20-17-14-11-8-5-2/h9,12,18,21,25,27,29-32,34-36,39,52H,4-8,10-11,13-17,19-20,22-24,26,28,33,37-38,40-51H2,1-3H3/b12-9-,21-18-,27-25-,31-29-,34-30-,35-32-,39-36-. The van der Waals surface area contributed by atoms with Crippen LogP contribution in [0.15, 0.2) is 85.1 Å². The number of unbranched alkanes of at least 4 members (excludes halogenated alkanes) is 19. The lowest BCUT2D eigenvalue weighted by Gasteiger charge is -2.18. The maximum absolute atomic E-state index is 12.8. The molecule has 0 heterocycles. The van der Waals surface area contributed by atoms with Crippen LogP contribution in [0.5, 0.6) is 0 Å². The zero-order valence-electron chi connectivity index (χ0n) is 39.7. The number of esters is 3. The van der Waals surface area contributed by atoms with Crippen LogP contribution >= 0.6 is 0 Å². The first kappa shape index (κ1) is 57.6. The van der Waals surface area contributed by atoms with Gasteiger partial charge >= 0.3 is 17.9 Å². The SMILES string of the molecule is CC/C=C\C/C=C\C/C=C\CCCCC(=O)OCC(COC(=O)CCC/C=C\C/C=C\C/C=C\CCCCCCCC)OC(=O)CCCCC/C=C\CCCCCCCCC. The summed E-state index contributed by atoms with van der Waals surface area (Å²) in [5, 5.41) is 0. The second-order valence-corrected chi connectivity index (χ2v) is 16.3. The molecule has 6 heteroatoms. The molecule has 6 nitrogen and oxygen atoms in total. The van der Waals surface area contributed by atoms with Crippen molar-refractivity contribution >= 4 is 17.9 Å². The molecule has 0 saturated heterocycles. The van der Waals surface area contributed by atoms with E-state index in [9.17, 15) is 14.4 Å². The molecule has 0 aromatic rings. The van der Waals surface area contributed by atoms with Crippen LogP contribution in [0.2, 0.25) is 0 Å². The molecule has 0 bridgehead atoms. The van der Waals surface area contributed by atoms with Crippen LogP contribution < -0.4 is 0 Å². The van der Waals surface area contributed by atoms with Crippen LogP contribution in [-0.2, 0) is 28.6 Å². The Morgan fingerprint density at radius 1 is 0.344 bits per heavy atom. The summed E-state index contributed by atoms with van der Waals surface area (Å²) in [5.41, 5.74) is 0.